The smallest absolute Gasteiger partial charge is 0.339 e. The van der Waals surface area contributed by atoms with E-state index in [1.54, 1.807) is 18.5 Å². The minimum atomic E-state index is -0.494. The second-order valence-electron chi connectivity index (χ2n) is 7.13. The van der Waals surface area contributed by atoms with Gasteiger partial charge in [-0.15, -0.1) is 0 Å². The number of benzene rings is 1. The zero-order chi connectivity index (χ0) is 20.2. The molecule has 0 saturated heterocycles. The Morgan fingerprint density at radius 1 is 1.21 bits per heavy atom. The van der Waals surface area contributed by atoms with Gasteiger partial charge in [-0.1, -0.05) is 24.3 Å². The van der Waals surface area contributed by atoms with E-state index in [2.05, 4.69) is 15.2 Å². The Bertz CT molecular complexity index is 1050. The van der Waals surface area contributed by atoms with Gasteiger partial charge in [-0.25, -0.2) is 4.79 Å². The Morgan fingerprint density at radius 2 is 2.07 bits per heavy atom. The SMILES string of the molecule is CN1CCc2nc3ccccc3c(C(=O)OCC(=O)NCc3cccnc3)c2C1. The van der Waals surface area contributed by atoms with Crippen LogP contribution in [0.2, 0.25) is 0 Å². The molecule has 0 atom stereocenters. The predicted molar refractivity (Wildman–Crippen MR) is 108 cm³/mol. The van der Waals surface area contributed by atoms with Gasteiger partial charge in [-0.05, 0) is 24.7 Å². The van der Waals surface area contributed by atoms with E-state index >= 15 is 0 Å². The number of hydrogen-bond acceptors (Lipinski definition) is 6. The van der Waals surface area contributed by atoms with E-state index in [9.17, 15) is 9.59 Å². The zero-order valence-corrected chi connectivity index (χ0v) is 16.2. The number of fused-ring (bicyclic) bond motifs is 2. The number of likely N-dealkylation sites (N-methyl/N-ethyl adjacent to an activating group) is 1. The first-order valence-electron chi connectivity index (χ1n) is 9.53. The molecule has 1 aromatic carbocycles. The van der Waals surface area contributed by atoms with Gasteiger partial charge in [0, 0.05) is 55.1 Å². The number of nitrogens with zero attached hydrogens (tertiary/aromatic N) is 3. The molecule has 1 aliphatic heterocycles. The van der Waals surface area contributed by atoms with Gasteiger partial charge in [0.1, 0.15) is 0 Å². The summed E-state index contributed by atoms with van der Waals surface area (Å²) in [5.41, 5.74) is 3.97. The summed E-state index contributed by atoms with van der Waals surface area (Å²) in [5.74, 6) is -0.849. The summed E-state index contributed by atoms with van der Waals surface area (Å²) in [5, 5.41) is 3.49. The van der Waals surface area contributed by atoms with Crippen molar-refractivity contribution in [2.45, 2.75) is 19.5 Å². The topological polar surface area (TPSA) is 84.4 Å². The van der Waals surface area contributed by atoms with Crippen LogP contribution < -0.4 is 5.32 Å². The van der Waals surface area contributed by atoms with E-state index < -0.39 is 5.97 Å². The van der Waals surface area contributed by atoms with E-state index in [-0.39, 0.29) is 12.5 Å². The minimum absolute atomic E-state index is 0.333. The van der Waals surface area contributed by atoms with Gasteiger partial charge in [-0.3, -0.25) is 14.8 Å². The number of rotatable bonds is 5. The number of carbonyl (C=O) groups excluding carboxylic acids is 2. The maximum absolute atomic E-state index is 13.0. The zero-order valence-electron chi connectivity index (χ0n) is 16.2. The molecule has 29 heavy (non-hydrogen) atoms. The first-order chi connectivity index (χ1) is 14.1. The van der Waals surface area contributed by atoms with Gasteiger partial charge >= 0.3 is 5.97 Å². The largest absolute Gasteiger partial charge is 0.452 e. The quantitative estimate of drug-likeness (QED) is 0.672. The van der Waals surface area contributed by atoms with E-state index in [0.717, 1.165) is 40.7 Å². The predicted octanol–water partition coefficient (Wildman–Crippen LogP) is 2.09. The van der Waals surface area contributed by atoms with Gasteiger partial charge in [-0.2, -0.15) is 0 Å². The molecule has 1 aliphatic rings. The van der Waals surface area contributed by atoms with Crippen LogP contribution >= 0.6 is 0 Å². The van der Waals surface area contributed by atoms with Crippen LogP contribution in [0.25, 0.3) is 10.9 Å². The van der Waals surface area contributed by atoms with E-state index in [1.165, 1.54) is 0 Å². The fourth-order valence-electron chi connectivity index (χ4n) is 3.52. The molecule has 0 radical (unpaired) electrons. The standard InChI is InChI=1S/C22H22N4O3/c1-26-10-8-19-17(13-26)21(16-6-2-3-7-18(16)25-19)22(28)29-14-20(27)24-12-15-5-4-9-23-11-15/h2-7,9,11H,8,10,12-14H2,1H3,(H,24,27). The normalized spacial score (nSPS) is 13.7. The van der Waals surface area contributed by atoms with Crippen molar-refractivity contribution in [2.75, 3.05) is 20.2 Å². The number of ether oxygens (including phenoxy) is 1. The van der Waals surface area contributed by atoms with Crippen LogP contribution in [0.1, 0.15) is 27.2 Å². The number of pyridine rings is 2. The molecular weight excluding hydrogens is 368 g/mol. The molecule has 3 heterocycles. The number of para-hydroxylation sites is 1. The lowest BCUT2D eigenvalue weighted by Gasteiger charge is -2.26. The van der Waals surface area contributed by atoms with Crippen LogP contribution in [0.4, 0.5) is 0 Å². The monoisotopic (exact) mass is 390 g/mol. The highest BCUT2D eigenvalue weighted by Crippen LogP contribution is 2.28. The summed E-state index contributed by atoms with van der Waals surface area (Å²) < 4.78 is 5.37. The number of carbonyl (C=O) groups is 2. The van der Waals surface area contributed by atoms with Crippen molar-refractivity contribution in [1.29, 1.82) is 0 Å². The number of amides is 1. The summed E-state index contributed by atoms with van der Waals surface area (Å²) in [6.07, 6.45) is 4.13. The Morgan fingerprint density at radius 3 is 2.90 bits per heavy atom. The molecule has 148 valence electrons. The highest BCUT2D eigenvalue weighted by atomic mass is 16.5. The lowest BCUT2D eigenvalue weighted by Crippen LogP contribution is -2.31. The number of nitrogens with one attached hydrogen (secondary N) is 1. The first-order valence-corrected chi connectivity index (χ1v) is 9.53. The number of aromatic nitrogens is 2. The molecular formula is C22H22N4O3. The summed E-state index contributed by atoms with van der Waals surface area (Å²) in [4.78, 5) is 36.0. The van der Waals surface area contributed by atoms with Crippen LogP contribution in [0.3, 0.4) is 0 Å². The summed E-state index contributed by atoms with van der Waals surface area (Å²) >= 11 is 0. The Balaban J connectivity index is 1.51. The van der Waals surface area contributed by atoms with Gasteiger partial charge in [0.15, 0.2) is 6.61 Å². The van der Waals surface area contributed by atoms with Crippen molar-refractivity contribution in [3.8, 4) is 0 Å². The minimum Gasteiger partial charge on any atom is -0.452 e. The number of esters is 1. The first kappa shape index (κ1) is 19.0. The average molecular weight is 390 g/mol. The molecule has 0 bridgehead atoms. The van der Waals surface area contributed by atoms with Crippen LogP contribution in [-0.2, 0) is 29.0 Å². The number of hydrogen-bond donors (Lipinski definition) is 1. The molecule has 0 aliphatic carbocycles. The Hall–Kier alpha value is -3.32. The maximum atomic E-state index is 13.0. The van der Waals surface area contributed by atoms with Crippen LogP contribution in [0.5, 0.6) is 0 Å². The molecule has 0 spiro atoms. The molecule has 7 heteroatoms. The van der Waals surface area contributed by atoms with E-state index in [4.69, 9.17) is 9.72 Å². The molecule has 0 saturated carbocycles. The van der Waals surface area contributed by atoms with Crippen LogP contribution in [0.15, 0.2) is 48.8 Å². The van der Waals surface area contributed by atoms with Gasteiger partial charge < -0.3 is 15.0 Å². The van der Waals surface area contributed by atoms with Gasteiger partial charge in [0.2, 0.25) is 0 Å². The molecule has 0 unspecified atom stereocenters. The fraction of sp³-hybridized carbons (Fsp3) is 0.273. The Kier molecular flexibility index (Phi) is 5.48. The van der Waals surface area contributed by atoms with Crippen LogP contribution in [-0.4, -0.2) is 46.9 Å². The van der Waals surface area contributed by atoms with Gasteiger partial charge in [0.05, 0.1) is 11.1 Å². The molecule has 1 N–H and O–H groups in total. The maximum Gasteiger partial charge on any atom is 0.339 e. The lowest BCUT2D eigenvalue weighted by atomic mass is 9.96. The highest BCUT2D eigenvalue weighted by Gasteiger charge is 2.25. The third kappa shape index (κ3) is 4.25. The second-order valence-corrected chi connectivity index (χ2v) is 7.13. The van der Waals surface area contributed by atoms with Crippen molar-refractivity contribution < 1.29 is 14.3 Å². The fourth-order valence-corrected chi connectivity index (χ4v) is 3.52. The van der Waals surface area contributed by atoms with Crippen molar-refractivity contribution in [2.24, 2.45) is 0 Å². The Labute approximate surface area is 168 Å². The van der Waals surface area contributed by atoms with Crippen molar-refractivity contribution in [1.82, 2.24) is 20.2 Å². The highest BCUT2D eigenvalue weighted by molar-refractivity contribution is 6.05. The molecule has 1 amide bonds. The molecule has 2 aromatic heterocycles. The molecule has 4 rings (SSSR count). The van der Waals surface area contributed by atoms with Crippen LogP contribution in [0, 0.1) is 0 Å². The van der Waals surface area contributed by atoms with Gasteiger partial charge in [0.25, 0.3) is 5.91 Å². The second kappa shape index (κ2) is 8.36. The van der Waals surface area contributed by atoms with Crippen molar-refractivity contribution in [3.63, 3.8) is 0 Å². The third-order valence-electron chi connectivity index (χ3n) is 4.99. The van der Waals surface area contributed by atoms with E-state index in [0.29, 0.717) is 18.7 Å². The lowest BCUT2D eigenvalue weighted by molar-refractivity contribution is -0.124. The molecule has 3 aromatic rings. The van der Waals surface area contributed by atoms with Crippen molar-refractivity contribution in [3.05, 3.63) is 71.2 Å². The van der Waals surface area contributed by atoms with E-state index in [1.807, 2.05) is 37.4 Å². The summed E-state index contributed by atoms with van der Waals surface area (Å²) in [6, 6.07) is 11.2. The third-order valence-corrected chi connectivity index (χ3v) is 4.99. The molecule has 7 nitrogen and oxygen atoms in total. The summed E-state index contributed by atoms with van der Waals surface area (Å²) in [6.45, 7) is 1.53. The summed E-state index contributed by atoms with van der Waals surface area (Å²) in [7, 11) is 2.01. The van der Waals surface area contributed by atoms with Crippen molar-refractivity contribution >= 4 is 22.8 Å². The molecule has 0 fully saturated rings. The average Bonchev–Trinajstić information content (AvgIpc) is 2.75.